The molecule has 1 aliphatic heterocycles. The second-order valence-electron chi connectivity index (χ2n) is 6.53. The van der Waals surface area contributed by atoms with Gasteiger partial charge in [-0.2, -0.15) is 0 Å². The third-order valence-electron chi connectivity index (χ3n) is 4.26. The summed E-state index contributed by atoms with van der Waals surface area (Å²) >= 11 is 5.53. The van der Waals surface area contributed by atoms with Gasteiger partial charge in [0.15, 0.2) is 5.82 Å². The number of pyridine rings is 1. The molecule has 0 radical (unpaired) electrons. The van der Waals surface area contributed by atoms with E-state index in [9.17, 15) is 9.59 Å². The van der Waals surface area contributed by atoms with Gasteiger partial charge in [0, 0.05) is 18.5 Å². The molecule has 0 saturated carbocycles. The number of halogens is 1. The Morgan fingerprint density at radius 1 is 1.26 bits per heavy atom. The molecule has 2 aromatic rings. The van der Waals surface area contributed by atoms with Crippen LogP contribution in [-0.4, -0.2) is 48.0 Å². The number of aliphatic imine (C=N–C) groups is 1. The third kappa shape index (κ3) is 5.54. The lowest BCUT2D eigenvalue weighted by atomic mass is 10.0. The number of nitrogen functional groups attached to an aromatic ring is 1. The lowest BCUT2D eigenvalue weighted by Gasteiger charge is -2.25. The van der Waals surface area contributed by atoms with Crippen molar-refractivity contribution in [1.29, 1.82) is 0 Å². The van der Waals surface area contributed by atoms with E-state index < -0.39 is 12.2 Å². The van der Waals surface area contributed by atoms with E-state index in [1.807, 2.05) is 6.92 Å². The molecule has 2 heterocycles. The number of carbonyl (C=O) groups is 2. The topological polar surface area (TPSA) is 140 Å². The molecule has 0 fully saturated rings. The Labute approximate surface area is 184 Å². The minimum atomic E-state index is -0.610. The SMILES string of the molecule is CCOC(=O)Nc1cc2c(c(N)n1)N=C(c1ccc(OC(=O)NCCCl)cc1)[C@H](C)N2. The van der Waals surface area contributed by atoms with E-state index in [0.29, 0.717) is 29.5 Å². The first-order chi connectivity index (χ1) is 14.9. The maximum Gasteiger partial charge on any atom is 0.412 e. The zero-order valence-corrected chi connectivity index (χ0v) is 17.8. The summed E-state index contributed by atoms with van der Waals surface area (Å²) in [7, 11) is 0. The fourth-order valence-electron chi connectivity index (χ4n) is 2.94. The molecule has 0 bridgehead atoms. The molecule has 2 amide bonds. The molecule has 31 heavy (non-hydrogen) atoms. The molecule has 3 rings (SSSR count). The highest BCUT2D eigenvalue weighted by Crippen LogP contribution is 2.37. The highest BCUT2D eigenvalue weighted by molar-refractivity contribution is 6.18. The van der Waals surface area contributed by atoms with Gasteiger partial charge in [-0.05, 0) is 43.7 Å². The summed E-state index contributed by atoms with van der Waals surface area (Å²) in [6.07, 6.45) is -1.18. The zero-order chi connectivity index (χ0) is 22.4. The first-order valence-electron chi connectivity index (χ1n) is 9.62. The first-order valence-corrected chi connectivity index (χ1v) is 10.2. The Bertz CT molecular complexity index is 996. The van der Waals surface area contributed by atoms with Gasteiger partial charge in [-0.1, -0.05) is 0 Å². The molecule has 0 spiro atoms. The quantitative estimate of drug-likeness (QED) is 0.498. The van der Waals surface area contributed by atoms with Crippen LogP contribution in [0.25, 0.3) is 0 Å². The summed E-state index contributed by atoms with van der Waals surface area (Å²) in [6, 6.07) is 8.45. The molecule has 0 unspecified atom stereocenters. The van der Waals surface area contributed by atoms with Crippen LogP contribution in [0.2, 0.25) is 0 Å². The van der Waals surface area contributed by atoms with Gasteiger partial charge < -0.3 is 25.8 Å². The van der Waals surface area contributed by atoms with Gasteiger partial charge in [0.05, 0.1) is 24.0 Å². The summed E-state index contributed by atoms with van der Waals surface area (Å²) in [5, 5.41) is 8.37. The van der Waals surface area contributed by atoms with Crippen LogP contribution in [0.5, 0.6) is 5.75 Å². The number of carbonyl (C=O) groups excluding carboxylic acids is 2. The van der Waals surface area contributed by atoms with E-state index >= 15 is 0 Å². The van der Waals surface area contributed by atoms with Crippen molar-refractivity contribution in [2.75, 3.05) is 35.4 Å². The number of fused-ring (bicyclic) bond motifs is 1. The number of anilines is 3. The van der Waals surface area contributed by atoms with E-state index in [1.54, 1.807) is 37.3 Å². The third-order valence-corrected chi connectivity index (χ3v) is 4.45. The van der Waals surface area contributed by atoms with Crippen molar-refractivity contribution in [3.63, 3.8) is 0 Å². The number of nitrogens with zero attached hydrogens (tertiary/aromatic N) is 2. The van der Waals surface area contributed by atoms with E-state index in [0.717, 1.165) is 11.3 Å². The Morgan fingerprint density at radius 2 is 2.00 bits per heavy atom. The maximum atomic E-state index is 11.6. The van der Waals surface area contributed by atoms with Crippen LogP contribution >= 0.6 is 11.6 Å². The summed E-state index contributed by atoms with van der Waals surface area (Å²) < 4.78 is 10.0. The average Bonchev–Trinajstić information content (AvgIpc) is 2.72. The smallest absolute Gasteiger partial charge is 0.412 e. The van der Waals surface area contributed by atoms with Gasteiger partial charge >= 0.3 is 12.2 Å². The van der Waals surface area contributed by atoms with E-state index in [4.69, 9.17) is 26.8 Å². The molecule has 10 nitrogen and oxygen atoms in total. The molecule has 0 aliphatic carbocycles. The molecular formula is C20H23ClN6O4. The molecule has 164 valence electrons. The largest absolute Gasteiger partial charge is 0.450 e. The molecule has 1 aromatic carbocycles. The van der Waals surface area contributed by atoms with Crippen molar-refractivity contribution in [3.05, 3.63) is 35.9 Å². The Kier molecular flexibility index (Phi) is 7.14. The fourth-order valence-corrected chi connectivity index (χ4v) is 3.04. The predicted molar refractivity (Wildman–Crippen MR) is 120 cm³/mol. The molecule has 1 atom stereocenters. The Morgan fingerprint density at radius 3 is 2.68 bits per heavy atom. The zero-order valence-electron chi connectivity index (χ0n) is 17.1. The summed E-state index contributed by atoms with van der Waals surface area (Å²) in [5.41, 5.74) is 8.76. The fraction of sp³-hybridized carbons (Fsp3) is 0.300. The summed E-state index contributed by atoms with van der Waals surface area (Å²) in [6.45, 7) is 4.23. The molecule has 5 N–H and O–H groups in total. The molecule has 1 aromatic heterocycles. The standard InChI is InChI=1S/C20H23ClN6O4/c1-3-30-20(29)26-15-10-14-17(18(22)25-15)27-16(11(2)24-14)12-4-6-13(7-5-12)31-19(28)23-9-8-21/h4-7,10-11,24H,3,8-9H2,1-2H3,(H,23,28)(H3,22,25,26,29)/t11-/m0/s1. The van der Waals surface area contributed by atoms with E-state index in [1.165, 1.54) is 0 Å². The lowest BCUT2D eigenvalue weighted by Crippen LogP contribution is -2.30. The molecule has 11 heteroatoms. The number of hydrogen-bond acceptors (Lipinski definition) is 8. The normalized spacial score (nSPS) is 14.5. The summed E-state index contributed by atoms with van der Waals surface area (Å²) in [4.78, 5) is 32.1. The van der Waals surface area contributed by atoms with Crippen molar-refractivity contribution in [2.24, 2.45) is 4.99 Å². The maximum absolute atomic E-state index is 11.6. The predicted octanol–water partition coefficient (Wildman–Crippen LogP) is 3.49. The molecule has 0 saturated heterocycles. The van der Waals surface area contributed by atoms with Gasteiger partial charge in [-0.25, -0.2) is 19.6 Å². The van der Waals surface area contributed by atoms with Crippen LogP contribution < -0.4 is 26.4 Å². The number of aromatic nitrogens is 1. The van der Waals surface area contributed by atoms with Gasteiger partial charge in [-0.15, -0.1) is 11.6 Å². The highest BCUT2D eigenvalue weighted by atomic mass is 35.5. The highest BCUT2D eigenvalue weighted by Gasteiger charge is 2.23. The number of hydrogen-bond donors (Lipinski definition) is 4. The number of nitrogens with two attached hydrogens (primary N) is 1. The van der Waals surface area contributed by atoms with Crippen molar-refractivity contribution in [3.8, 4) is 5.75 Å². The molecular weight excluding hydrogens is 424 g/mol. The van der Waals surface area contributed by atoms with Crippen molar-refractivity contribution in [2.45, 2.75) is 19.9 Å². The van der Waals surface area contributed by atoms with Crippen LogP contribution in [0, 0.1) is 0 Å². The number of ether oxygens (including phenoxy) is 2. The van der Waals surface area contributed by atoms with Gasteiger partial charge in [0.1, 0.15) is 17.3 Å². The van der Waals surface area contributed by atoms with Crippen molar-refractivity contribution < 1.29 is 19.1 Å². The Balaban J connectivity index is 1.79. The van der Waals surface area contributed by atoms with Gasteiger partial charge in [0.25, 0.3) is 0 Å². The van der Waals surface area contributed by atoms with Crippen LogP contribution in [0.1, 0.15) is 19.4 Å². The van der Waals surface area contributed by atoms with Crippen LogP contribution in [0.3, 0.4) is 0 Å². The number of rotatable bonds is 6. The van der Waals surface area contributed by atoms with Crippen molar-refractivity contribution in [1.82, 2.24) is 10.3 Å². The minimum Gasteiger partial charge on any atom is -0.450 e. The van der Waals surface area contributed by atoms with Gasteiger partial charge in [-0.3, -0.25) is 5.32 Å². The number of amides is 2. The van der Waals surface area contributed by atoms with Crippen LogP contribution in [-0.2, 0) is 4.74 Å². The lowest BCUT2D eigenvalue weighted by molar-refractivity contribution is 0.168. The number of alkyl halides is 1. The van der Waals surface area contributed by atoms with Gasteiger partial charge in [0.2, 0.25) is 0 Å². The monoisotopic (exact) mass is 446 g/mol. The average molecular weight is 447 g/mol. The Hall–Kier alpha value is -3.53. The van der Waals surface area contributed by atoms with E-state index in [-0.39, 0.29) is 24.3 Å². The van der Waals surface area contributed by atoms with Crippen molar-refractivity contribution >= 4 is 52.5 Å². The molecule has 1 aliphatic rings. The summed E-state index contributed by atoms with van der Waals surface area (Å²) in [5.74, 6) is 1.13. The second kappa shape index (κ2) is 9.98. The number of nitrogens with one attached hydrogen (secondary N) is 3. The van der Waals surface area contributed by atoms with E-state index in [2.05, 4.69) is 25.9 Å². The first kappa shape index (κ1) is 22.2. The minimum absolute atomic E-state index is 0.150. The second-order valence-corrected chi connectivity index (χ2v) is 6.91. The van der Waals surface area contributed by atoms with Crippen LogP contribution in [0.4, 0.5) is 32.6 Å². The van der Waals surface area contributed by atoms with Crippen LogP contribution in [0.15, 0.2) is 35.3 Å². The number of benzene rings is 1.